The molecule has 0 amide bonds. The van der Waals surface area contributed by atoms with Gasteiger partial charge in [-0.2, -0.15) is 0 Å². The first kappa shape index (κ1) is 24.3. The molecule has 1 aliphatic heterocycles. The average Bonchev–Trinajstić information content (AvgIpc) is 2.83. The van der Waals surface area contributed by atoms with E-state index in [1.165, 1.54) is 17.5 Å². The third-order valence-corrected chi connectivity index (χ3v) is 6.25. The maximum atomic E-state index is 11.6. The van der Waals surface area contributed by atoms with Crippen LogP contribution in [0.15, 0.2) is 54.6 Å². The second kappa shape index (κ2) is 13.2. The summed E-state index contributed by atoms with van der Waals surface area (Å²) in [7, 11) is 1.73. The number of nitrogens with zero attached hydrogens (tertiary/aromatic N) is 1. The number of unbranched alkanes of at least 4 members (excludes halogenated alkanes) is 2. The molecule has 5 heteroatoms. The number of para-hydroxylation sites is 1. The molecule has 1 heterocycles. The molecule has 32 heavy (non-hydrogen) atoms. The van der Waals surface area contributed by atoms with Crippen molar-refractivity contribution in [1.29, 1.82) is 0 Å². The molecule has 0 aliphatic carbocycles. The topological polar surface area (TPSA) is 50.8 Å². The van der Waals surface area contributed by atoms with Crippen LogP contribution in [0.4, 0.5) is 0 Å². The lowest BCUT2D eigenvalue weighted by Crippen LogP contribution is -2.48. The van der Waals surface area contributed by atoms with Crippen LogP contribution in [0, 0.1) is 0 Å². The van der Waals surface area contributed by atoms with Gasteiger partial charge in [0.25, 0.3) is 0 Å². The van der Waals surface area contributed by atoms with Gasteiger partial charge in [0.2, 0.25) is 0 Å². The molecule has 5 nitrogen and oxygen atoms in total. The van der Waals surface area contributed by atoms with Crippen molar-refractivity contribution in [2.75, 3.05) is 26.8 Å². The average molecular weight is 439 g/mol. The van der Waals surface area contributed by atoms with Crippen LogP contribution in [-0.4, -0.2) is 43.7 Å². The summed E-state index contributed by atoms with van der Waals surface area (Å²) in [6.07, 6.45) is 5.93. The van der Waals surface area contributed by atoms with E-state index in [0.717, 1.165) is 51.1 Å². The van der Waals surface area contributed by atoms with E-state index >= 15 is 0 Å². The van der Waals surface area contributed by atoms with E-state index in [0.29, 0.717) is 25.1 Å². The number of rotatable bonds is 12. The van der Waals surface area contributed by atoms with Crippen LogP contribution >= 0.6 is 0 Å². The summed E-state index contributed by atoms with van der Waals surface area (Å²) in [6.45, 7) is 5.29. The van der Waals surface area contributed by atoms with Crippen molar-refractivity contribution in [1.82, 2.24) is 10.2 Å². The second-order valence-corrected chi connectivity index (χ2v) is 8.45. The number of likely N-dealkylation sites (tertiary alicyclic amines) is 1. The van der Waals surface area contributed by atoms with Gasteiger partial charge in [0.15, 0.2) is 0 Å². The molecule has 2 aromatic carbocycles. The minimum absolute atomic E-state index is 0.0757. The van der Waals surface area contributed by atoms with E-state index in [9.17, 15) is 4.79 Å². The molecule has 0 radical (unpaired) electrons. The smallest absolute Gasteiger partial charge is 0.305 e. The molecule has 2 aromatic rings. The minimum Gasteiger partial charge on any atom is -0.496 e. The molecule has 0 spiro atoms. The Kier molecular flexibility index (Phi) is 10.0. The Bertz CT molecular complexity index is 812. The Morgan fingerprint density at radius 2 is 1.84 bits per heavy atom. The number of carbonyl (C=O) groups excluding carboxylic acids is 1. The number of hydrogen-bond acceptors (Lipinski definition) is 5. The highest BCUT2D eigenvalue weighted by Crippen LogP contribution is 2.32. The SMILES string of the molecule is CCOC(=O)CCCCCN1CCCC(NCc2ccccc2OC)[C@@H]1c1ccccc1. The zero-order valence-electron chi connectivity index (χ0n) is 19.6. The maximum Gasteiger partial charge on any atom is 0.305 e. The third-order valence-electron chi connectivity index (χ3n) is 6.25. The van der Waals surface area contributed by atoms with Gasteiger partial charge >= 0.3 is 5.97 Å². The fraction of sp³-hybridized carbons (Fsp3) is 0.519. The Hall–Kier alpha value is -2.37. The quantitative estimate of drug-likeness (QED) is 0.368. The van der Waals surface area contributed by atoms with Crippen LogP contribution in [0.3, 0.4) is 0 Å². The normalized spacial score (nSPS) is 18.9. The number of ether oxygens (including phenoxy) is 2. The first-order valence-electron chi connectivity index (χ1n) is 12.0. The van der Waals surface area contributed by atoms with E-state index in [1.807, 2.05) is 19.1 Å². The van der Waals surface area contributed by atoms with Gasteiger partial charge in [-0.15, -0.1) is 0 Å². The summed E-state index contributed by atoms with van der Waals surface area (Å²) in [5.41, 5.74) is 2.56. The van der Waals surface area contributed by atoms with Crippen LogP contribution in [0.2, 0.25) is 0 Å². The number of esters is 1. The van der Waals surface area contributed by atoms with E-state index < -0.39 is 0 Å². The summed E-state index contributed by atoms with van der Waals surface area (Å²) < 4.78 is 10.6. The summed E-state index contributed by atoms with van der Waals surface area (Å²) in [5, 5.41) is 3.84. The molecule has 0 aromatic heterocycles. The Morgan fingerprint density at radius 1 is 1.06 bits per heavy atom. The fourth-order valence-electron chi connectivity index (χ4n) is 4.71. The van der Waals surface area contributed by atoms with Gasteiger partial charge in [0, 0.05) is 24.6 Å². The highest BCUT2D eigenvalue weighted by molar-refractivity contribution is 5.69. The molecule has 1 saturated heterocycles. The van der Waals surface area contributed by atoms with Crippen LogP contribution in [0.25, 0.3) is 0 Å². The van der Waals surface area contributed by atoms with Crippen LogP contribution in [-0.2, 0) is 16.1 Å². The molecular formula is C27H38N2O3. The molecule has 174 valence electrons. The van der Waals surface area contributed by atoms with Crippen molar-refractivity contribution in [2.24, 2.45) is 0 Å². The summed E-state index contributed by atoms with van der Waals surface area (Å²) >= 11 is 0. The highest BCUT2D eigenvalue weighted by Gasteiger charge is 2.32. The zero-order valence-corrected chi connectivity index (χ0v) is 19.6. The third kappa shape index (κ3) is 7.07. The molecule has 1 fully saturated rings. The van der Waals surface area contributed by atoms with Gasteiger partial charge in [-0.3, -0.25) is 9.69 Å². The van der Waals surface area contributed by atoms with E-state index in [2.05, 4.69) is 52.7 Å². The van der Waals surface area contributed by atoms with Crippen molar-refractivity contribution >= 4 is 5.97 Å². The fourth-order valence-corrected chi connectivity index (χ4v) is 4.71. The number of carbonyl (C=O) groups is 1. The van der Waals surface area contributed by atoms with E-state index in [-0.39, 0.29) is 5.97 Å². The summed E-state index contributed by atoms with van der Waals surface area (Å²) in [6, 6.07) is 19.8. The van der Waals surface area contributed by atoms with E-state index in [4.69, 9.17) is 9.47 Å². The summed E-state index contributed by atoms with van der Waals surface area (Å²) in [4.78, 5) is 14.2. The largest absolute Gasteiger partial charge is 0.496 e. The lowest BCUT2D eigenvalue weighted by atomic mass is 9.89. The number of hydrogen-bond donors (Lipinski definition) is 1. The molecule has 1 N–H and O–H groups in total. The lowest BCUT2D eigenvalue weighted by molar-refractivity contribution is -0.143. The number of piperidine rings is 1. The van der Waals surface area contributed by atoms with Crippen molar-refractivity contribution in [2.45, 2.75) is 64.1 Å². The molecule has 1 aliphatic rings. The molecule has 0 saturated carbocycles. The van der Waals surface area contributed by atoms with Crippen molar-refractivity contribution < 1.29 is 14.3 Å². The van der Waals surface area contributed by atoms with Gasteiger partial charge in [0.1, 0.15) is 5.75 Å². The standard InChI is InChI=1S/C27H38N2O3/c1-3-32-26(30)18-8-5-11-19-29-20-12-16-24(27(29)22-13-6-4-7-14-22)28-21-23-15-9-10-17-25(23)31-2/h4,6-7,9-10,13-15,17,24,27-28H,3,5,8,11-12,16,18-21H2,1-2H3/t24?,27-/m0/s1. The molecular weight excluding hydrogens is 400 g/mol. The predicted octanol–water partition coefficient (Wildman–Crippen LogP) is 5.11. The second-order valence-electron chi connectivity index (χ2n) is 8.45. The van der Waals surface area contributed by atoms with E-state index in [1.54, 1.807) is 7.11 Å². The first-order valence-corrected chi connectivity index (χ1v) is 12.0. The Labute approximate surface area is 193 Å². The molecule has 3 rings (SSSR count). The molecule has 2 atom stereocenters. The maximum absolute atomic E-state index is 11.6. The highest BCUT2D eigenvalue weighted by atomic mass is 16.5. The van der Waals surface area contributed by atoms with Crippen LogP contribution in [0.1, 0.15) is 62.6 Å². The van der Waals surface area contributed by atoms with Crippen molar-refractivity contribution in [3.8, 4) is 5.75 Å². The number of benzene rings is 2. The van der Waals surface area contributed by atoms with Gasteiger partial charge in [-0.05, 0) is 57.3 Å². The molecule has 0 bridgehead atoms. The lowest BCUT2D eigenvalue weighted by Gasteiger charge is -2.42. The minimum atomic E-state index is -0.0757. The van der Waals surface area contributed by atoms with Gasteiger partial charge < -0.3 is 14.8 Å². The predicted molar refractivity (Wildman–Crippen MR) is 129 cm³/mol. The monoisotopic (exact) mass is 438 g/mol. The van der Waals surface area contributed by atoms with Gasteiger partial charge in [0.05, 0.1) is 19.8 Å². The Balaban J connectivity index is 1.61. The first-order chi connectivity index (χ1) is 15.7. The molecule has 1 unspecified atom stereocenters. The number of methoxy groups -OCH3 is 1. The van der Waals surface area contributed by atoms with Crippen molar-refractivity contribution in [3.05, 3.63) is 65.7 Å². The van der Waals surface area contributed by atoms with Crippen LogP contribution < -0.4 is 10.1 Å². The van der Waals surface area contributed by atoms with Gasteiger partial charge in [-0.1, -0.05) is 55.0 Å². The van der Waals surface area contributed by atoms with Gasteiger partial charge in [-0.25, -0.2) is 0 Å². The zero-order chi connectivity index (χ0) is 22.6. The summed E-state index contributed by atoms with van der Waals surface area (Å²) in [5.74, 6) is 0.860. The van der Waals surface area contributed by atoms with Crippen LogP contribution in [0.5, 0.6) is 5.75 Å². The Morgan fingerprint density at radius 3 is 2.62 bits per heavy atom. The number of nitrogens with one attached hydrogen (secondary N) is 1. The van der Waals surface area contributed by atoms with Crippen molar-refractivity contribution in [3.63, 3.8) is 0 Å².